The summed E-state index contributed by atoms with van der Waals surface area (Å²) in [6, 6.07) is 8.35. The van der Waals surface area contributed by atoms with Crippen LogP contribution in [0.3, 0.4) is 0 Å². The molecule has 1 atom stereocenters. The van der Waals surface area contributed by atoms with E-state index in [1.807, 2.05) is 4.90 Å². The van der Waals surface area contributed by atoms with Gasteiger partial charge in [-0.05, 0) is 30.5 Å². The molecule has 90 valence electrons. The first-order valence-electron chi connectivity index (χ1n) is 6.41. The van der Waals surface area contributed by atoms with E-state index in [0.717, 1.165) is 39.0 Å². The van der Waals surface area contributed by atoms with Gasteiger partial charge in [0.15, 0.2) is 0 Å². The van der Waals surface area contributed by atoms with E-state index in [2.05, 4.69) is 29.6 Å². The number of piperidine rings is 1. The molecule has 3 rings (SSSR count). The summed E-state index contributed by atoms with van der Waals surface area (Å²) < 4.78 is 0. The first-order valence-corrected chi connectivity index (χ1v) is 6.41. The van der Waals surface area contributed by atoms with Gasteiger partial charge in [0.25, 0.3) is 0 Å². The summed E-state index contributed by atoms with van der Waals surface area (Å²) in [5.74, 6) is 0.520. The molecule has 2 heterocycles. The maximum atomic E-state index is 12.4. The molecular formula is C14H18N2O. The lowest BCUT2D eigenvalue weighted by Gasteiger charge is -2.26. The third kappa shape index (κ3) is 2.07. The van der Waals surface area contributed by atoms with E-state index in [4.69, 9.17) is 0 Å². The van der Waals surface area contributed by atoms with Crippen LogP contribution in [0.5, 0.6) is 0 Å². The molecular weight excluding hydrogens is 212 g/mol. The lowest BCUT2D eigenvalue weighted by Crippen LogP contribution is -2.40. The number of hydrogen-bond donors (Lipinski definition) is 1. The van der Waals surface area contributed by atoms with E-state index in [0.29, 0.717) is 5.91 Å². The van der Waals surface area contributed by atoms with Crippen molar-refractivity contribution in [1.29, 1.82) is 0 Å². The van der Waals surface area contributed by atoms with Gasteiger partial charge in [-0.2, -0.15) is 0 Å². The Labute approximate surface area is 102 Å². The highest BCUT2D eigenvalue weighted by atomic mass is 16.2. The Bertz CT molecular complexity index is 399. The van der Waals surface area contributed by atoms with Crippen LogP contribution in [-0.4, -0.2) is 23.9 Å². The Hall–Kier alpha value is -1.35. The van der Waals surface area contributed by atoms with Gasteiger partial charge in [-0.15, -0.1) is 0 Å². The molecule has 0 radical (unpaired) electrons. The lowest BCUT2D eigenvalue weighted by atomic mass is 9.98. The quantitative estimate of drug-likeness (QED) is 0.793. The molecule has 17 heavy (non-hydrogen) atoms. The molecule has 1 saturated heterocycles. The van der Waals surface area contributed by atoms with E-state index in [-0.39, 0.29) is 5.92 Å². The molecule has 1 unspecified atom stereocenters. The van der Waals surface area contributed by atoms with Crippen LogP contribution >= 0.6 is 0 Å². The van der Waals surface area contributed by atoms with E-state index < -0.39 is 0 Å². The standard InChI is InChI=1S/C14H18N2O/c17-14(11-6-3-7-15-8-11)16-9-12-4-1-2-5-13(12)10-16/h1-2,4-5,11,15H,3,6-10H2. The second-order valence-corrected chi connectivity index (χ2v) is 5.01. The number of rotatable bonds is 1. The molecule has 1 fully saturated rings. The molecule has 1 aromatic carbocycles. The monoisotopic (exact) mass is 230 g/mol. The Morgan fingerprint density at radius 2 is 1.94 bits per heavy atom. The number of benzene rings is 1. The molecule has 1 amide bonds. The SMILES string of the molecule is O=C(C1CCCNC1)N1Cc2ccccc2C1. The summed E-state index contributed by atoms with van der Waals surface area (Å²) in [4.78, 5) is 14.4. The second kappa shape index (κ2) is 4.49. The molecule has 0 spiro atoms. The van der Waals surface area contributed by atoms with Gasteiger partial charge in [-0.25, -0.2) is 0 Å². The average molecular weight is 230 g/mol. The minimum atomic E-state index is 0.193. The van der Waals surface area contributed by atoms with Crippen LogP contribution in [0.25, 0.3) is 0 Å². The first kappa shape index (κ1) is 10.8. The number of fused-ring (bicyclic) bond motifs is 1. The van der Waals surface area contributed by atoms with Crippen molar-refractivity contribution in [3.8, 4) is 0 Å². The van der Waals surface area contributed by atoms with Gasteiger partial charge < -0.3 is 10.2 Å². The number of carbonyl (C=O) groups is 1. The van der Waals surface area contributed by atoms with Crippen molar-refractivity contribution in [3.05, 3.63) is 35.4 Å². The Balaban J connectivity index is 1.69. The van der Waals surface area contributed by atoms with Crippen LogP contribution in [0, 0.1) is 5.92 Å². The van der Waals surface area contributed by atoms with Gasteiger partial charge in [-0.1, -0.05) is 24.3 Å². The van der Waals surface area contributed by atoms with Crippen molar-refractivity contribution in [2.75, 3.05) is 13.1 Å². The van der Waals surface area contributed by atoms with Crippen LogP contribution in [0.4, 0.5) is 0 Å². The molecule has 0 aliphatic carbocycles. The normalized spacial score (nSPS) is 23.5. The van der Waals surface area contributed by atoms with Gasteiger partial charge in [0.05, 0.1) is 5.92 Å². The zero-order valence-corrected chi connectivity index (χ0v) is 9.98. The third-order valence-electron chi connectivity index (χ3n) is 3.80. The molecule has 3 nitrogen and oxygen atoms in total. The van der Waals surface area contributed by atoms with E-state index in [1.54, 1.807) is 0 Å². The minimum Gasteiger partial charge on any atom is -0.334 e. The molecule has 0 aromatic heterocycles. The van der Waals surface area contributed by atoms with Crippen molar-refractivity contribution in [3.63, 3.8) is 0 Å². The largest absolute Gasteiger partial charge is 0.334 e. The summed E-state index contributed by atoms with van der Waals surface area (Å²) in [6.45, 7) is 3.51. The maximum Gasteiger partial charge on any atom is 0.227 e. The van der Waals surface area contributed by atoms with Crippen LogP contribution in [0.1, 0.15) is 24.0 Å². The number of nitrogens with one attached hydrogen (secondary N) is 1. The van der Waals surface area contributed by atoms with E-state index in [1.165, 1.54) is 11.1 Å². The molecule has 1 aromatic rings. The van der Waals surface area contributed by atoms with E-state index >= 15 is 0 Å². The highest BCUT2D eigenvalue weighted by molar-refractivity contribution is 5.79. The smallest absolute Gasteiger partial charge is 0.227 e. The van der Waals surface area contributed by atoms with Gasteiger partial charge in [0.2, 0.25) is 5.91 Å². The van der Waals surface area contributed by atoms with Gasteiger partial charge in [0, 0.05) is 19.6 Å². The highest BCUT2D eigenvalue weighted by Crippen LogP contribution is 2.25. The Morgan fingerprint density at radius 1 is 1.24 bits per heavy atom. The third-order valence-corrected chi connectivity index (χ3v) is 3.80. The van der Waals surface area contributed by atoms with Crippen molar-refractivity contribution in [2.45, 2.75) is 25.9 Å². The highest BCUT2D eigenvalue weighted by Gasteiger charge is 2.29. The second-order valence-electron chi connectivity index (χ2n) is 5.01. The van der Waals surface area contributed by atoms with Crippen LogP contribution in [0.2, 0.25) is 0 Å². The fourth-order valence-electron chi connectivity index (χ4n) is 2.81. The number of carbonyl (C=O) groups excluding carboxylic acids is 1. The average Bonchev–Trinajstić information content (AvgIpc) is 2.82. The van der Waals surface area contributed by atoms with Crippen LogP contribution in [0.15, 0.2) is 24.3 Å². The number of nitrogens with zero attached hydrogens (tertiary/aromatic N) is 1. The van der Waals surface area contributed by atoms with E-state index in [9.17, 15) is 4.79 Å². The Kier molecular flexibility index (Phi) is 2.85. The zero-order valence-electron chi connectivity index (χ0n) is 9.98. The summed E-state index contributed by atoms with van der Waals surface area (Å²) >= 11 is 0. The van der Waals surface area contributed by atoms with Crippen LogP contribution < -0.4 is 5.32 Å². The van der Waals surface area contributed by atoms with Gasteiger partial charge >= 0.3 is 0 Å². The summed E-state index contributed by atoms with van der Waals surface area (Å²) in [6.07, 6.45) is 2.16. The zero-order chi connectivity index (χ0) is 11.7. The van der Waals surface area contributed by atoms with Gasteiger partial charge in [-0.3, -0.25) is 4.79 Å². The van der Waals surface area contributed by atoms with Crippen molar-refractivity contribution in [1.82, 2.24) is 10.2 Å². The molecule has 2 aliphatic rings. The predicted molar refractivity (Wildman–Crippen MR) is 66.3 cm³/mol. The Morgan fingerprint density at radius 3 is 2.53 bits per heavy atom. The fraction of sp³-hybridized carbons (Fsp3) is 0.500. The first-order chi connectivity index (χ1) is 8.34. The molecule has 0 saturated carbocycles. The predicted octanol–water partition coefficient (Wildman–Crippen LogP) is 1.53. The van der Waals surface area contributed by atoms with Crippen LogP contribution in [-0.2, 0) is 17.9 Å². The van der Waals surface area contributed by atoms with Crippen molar-refractivity contribution >= 4 is 5.91 Å². The molecule has 2 aliphatic heterocycles. The summed E-state index contributed by atoms with van der Waals surface area (Å²) in [5.41, 5.74) is 2.62. The molecule has 3 heteroatoms. The summed E-state index contributed by atoms with van der Waals surface area (Å²) in [7, 11) is 0. The minimum absolute atomic E-state index is 0.193. The summed E-state index contributed by atoms with van der Waals surface area (Å²) in [5, 5.41) is 3.31. The fourth-order valence-corrected chi connectivity index (χ4v) is 2.81. The number of amides is 1. The van der Waals surface area contributed by atoms with Crippen molar-refractivity contribution < 1.29 is 4.79 Å². The van der Waals surface area contributed by atoms with Gasteiger partial charge in [0.1, 0.15) is 0 Å². The topological polar surface area (TPSA) is 32.3 Å². The lowest BCUT2D eigenvalue weighted by molar-refractivity contribution is -0.136. The number of hydrogen-bond acceptors (Lipinski definition) is 2. The van der Waals surface area contributed by atoms with Crippen molar-refractivity contribution in [2.24, 2.45) is 5.92 Å². The maximum absolute atomic E-state index is 12.4. The molecule has 0 bridgehead atoms. The molecule has 1 N–H and O–H groups in total.